The van der Waals surface area contributed by atoms with Gasteiger partial charge in [-0.1, -0.05) is 12.1 Å². The molecule has 0 bridgehead atoms. The Balaban J connectivity index is 1.69. The van der Waals surface area contributed by atoms with E-state index in [0.717, 1.165) is 22.5 Å². The van der Waals surface area contributed by atoms with Gasteiger partial charge in [-0.05, 0) is 31.2 Å². The van der Waals surface area contributed by atoms with E-state index in [2.05, 4.69) is 20.3 Å². The fourth-order valence-corrected chi connectivity index (χ4v) is 3.13. The van der Waals surface area contributed by atoms with E-state index in [1.807, 2.05) is 0 Å². The van der Waals surface area contributed by atoms with Crippen LogP contribution in [0.5, 0.6) is 0 Å². The molecule has 1 aliphatic heterocycles. The number of amides is 1. The molecule has 0 fully saturated rings. The second-order valence-electron chi connectivity index (χ2n) is 6.20. The summed E-state index contributed by atoms with van der Waals surface area (Å²) in [6.45, 7) is 8.83. The number of anilines is 1. The van der Waals surface area contributed by atoms with E-state index < -0.39 is 17.7 Å². The molecule has 0 aliphatic carbocycles. The van der Waals surface area contributed by atoms with E-state index in [-0.39, 0.29) is 12.1 Å². The van der Waals surface area contributed by atoms with Crippen molar-refractivity contribution in [2.24, 2.45) is 4.99 Å². The fourth-order valence-electron chi connectivity index (χ4n) is 3.13. The molecule has 1 amide bonds. The average molecular weight is 377 g/mol. The zero-order chi connectivity index (χ0) is 19.8. The first-order valence-electron chi connectivity index (χ1n) is 8.36. The van der Waals surface area contributed by atoms with E-state index >= 15 is 0 Å². The molecule has 0 saturated carbocycles. The minimum atomic E-state index is -0.736. The second-order valence-corrected chi connectivity index (χ2v) is 6.20. The third kappa shape index (κ3) is 2.93. The SMILES string of the molecule is [C-]#[N+]c1ccc(NCC2=NC(=O)n3nc(C)c(-c4ccc(F)cc4F)c32)cc1. The average Bonchev–Trinajstić information content (AvgIpc) is 3.17. The summed E-state index contributed by atoms with van der Waals surface area (Å²) in [7, 11) is 0. The highest BCUT2D eigenvalue weighted by molar-refractivity contribution is 6.17. The first-order valence-corrected chi connectivity index (χ1v) is 8.36. The molecule has 0 atom stereocenters. The number of halogens is 2. The summed E-state index contributed by atoms with van der Waals surface area (Å²) in [5.74, 6) is -1.42. The molecule has 2 aromatic carbocycles. The Labute approximate surface area is 159 Å². The van der Waals surface area contributed by atoms with Crippen LogP contribution in [0.1, 0.15) is 11.4 Å². The number of hydrogen-bond donors (Lipinski definition) is 1. The van der Waals surface area contributed by atoms with Crippen molar-refractivity contribution in [2.45, 2.75) is 6.92 Å². The summed E-state index contributed by atoms with van der Waals surface area (Å²) >= 11 is 0. The number of aliphatic imine (C=N–C) groups is 1. The normalized spacial score (nSPS) is 12.5. The lowest BCUT2D eigenvalue weighted by atomic mass is 10.0. The number of benzene rings is 2. The Morgan fingerprint density at radius 3 is 2.61 bits per heavy atom. The molecular formula is C20H13F2N5O. The number of aryl methyl sites for hydroxylation is 1. The van der Waals surface area contributed by atoms with Crippen molar-refractivity contribution in [3.63, 3.8) is 0 Å². The Hall–Kier alpha value is -3.86. The van der Waals surface area contributed by atoms with Gasteiger partial charge in [0.1, 0.15) is 17.3 Å². The van der Waals surface area contributed by atoms with Gasteiger partial charge in [0.15, 0.2) is 5.69 Å². The molecule has 0 radical (unpaired) electrons. The van der Waals surface area contributed by atoms with Gasteiger partial charge in [-0.25, -0.2) is 18.4 Å². The van der Waals surface area contributed by atoms with E-state index in [9.17, 15) is 13.6 Å². The summed E-state index contributed by atoms with van der Waals surface area (Å²) < 4.78 is 28.8. The molecule has 2 heterocycles. The lowest BCUT2D eigenvalue weighted by Crippen LogP contribution is -2.15. The largest absolute Gasteiger partial charge is 0.379 e. The molecule has 0 spiro atoms. The van der Waals surface area contributed by atoms with E-state index in [1.54, 1.807) is 31.2 Å². The Bertz CT molecular complexity index is 1170. The number of fused-ring (bicyclic) bond motifs is 1. The Morgan fingerprint density at radius 2 is 1.93 bits per heavy atom. The van der Waals surface area contributed by atoms with Crippen molar-refractivity contribution in [3.05, 3.63) is 76.9 Å². The van der Waals surface area contributed by atoms with Crippen molar-refractivity contribution in [2.75, 3.05) is 11.9 Å². The highest BCUT2D eigenvalue weighted by Gasteiger charge is 2.31. The number of nitrogens with one attached hydrogen (secondary N) is 1. The van der Waals surface area contributed by atoms with Crippen molar-refractivity contribution >= 4 is 23.1 Å². The lowest BCUT2D eigenvalue weighted by molar-refractivity contribution is 0.249. The van der Waals surface area contributed by atoms with Crippen LogP contribution >= 0.6 is 0 Å². The summed E-state index contributed by atoms with van der Waals surface area (Å²) in [5, 5.41) is 7.30. The Morgan fingerprint density at radius 1 is 1.18 bits per heavy atom. The van der Waals surface area contributed by atoms with Crippen LogP contribution in [-0.4, -0.2) is 28.1 Å². The number of carbonyl (C=O) groups is 1. The van der Waals surface area contributed by atoms with Crippen LogP contribution in [0.15, 0.2) is 47.5 Å². The molecule has 4 rings (SSSR count). The molecule has 8 heteroatoms. The van der Waals surface area contributed by atoms with Crippen molar-refractivity contribution in [1.29, 1.82) is 0 Å². The van der Waals surface area contributed by atoms with Crippen LogP contribution in [0.3, 0.4) is 0 Å². The van der Waals surface area contributed by atoms with E-state index in [4.69, 9.17) is 6.57 Å². The molecule has 6 nitrogen and oxygen atoms in total. The summed E-state index contributed by atoms with van der Waals surface area (Å²) in [6, 6.07) is 9.55. The maximum atomic E-state index is 14.4. The standard InChI is InChI=1S/C20H13F2N5O/c1-11-18(15-8-3-12(21)9-16(15)22)19-17(25-20(28)27(19)26-11)10-24-14-6-4-13(23-2)5-7-14/h3-9,24H,10H2,1H3. The van der Waals surface area contributed by atoms with Crippen LogP contribution in [-0.2, 0) is 0 Å². The van der Waals surface area contributed by atoms with Gasteiger partial charge in [0, 0.05) is 22.9 Å². The number of hydrogen-bond acceptors (Lipinski definition) is 3. The minimum absolute atomic E-state index is 0.156. The quantitative estimate of drug-likeness (QED) is 0.678. The number of carbonyl (C=O) groups excluding carboxylic acids is 1. The maximum absolute atomic E-state index is 14.4. The van der Waals surface area contributed by atoms with Crippen LogP contribution in [0, 0.1) is 25.1 Å². The fraction of sp³-hybridized carbons (Fsp3) is 0.100. The van der Waals surface area contributed by atoms with Crippen LogP contribution in [0.25, 0.3) is 16.0 Å². The molecule has 28 heavy (non-hydrogen) atoms. The Kier molecular flexibility index (Phi) is 4.20. The third-order valence-corrected chi connectivity index (χ3v) is 4.40. The summed E-state index contributed by atoms with van der Waals surface area (Å²) in [5.41, 5.74) is 3.06. The molecular weight excluding hydrogens is 364 g/mol. The minimum Gasteiger partial charge on any atom is -0.379 e. The van der Waals surface area contributed by atoms with Crippen LogP contribution in [0.2, 0.25) is 0 Å². The van der Waals surface area contributed by atoms with Gasteiger partial charge in [0.05, 0.1) is 24.5 Å². The van der Waals surface area contributed by atoms with Crippen molar-refractivity contribution in [3.8, 4) is 11.1 Å². The molecule has 1 aromatic heterocycles. The van der Waals surface area contributed by atoms with E-state index in [1.165, 1.54) is 6.07 Å². The summed E-state index contributed by atoms with van der Waals surface area (Å²) in [6.07, 6.45) is 0. The number of rotatable bonds is 4. The van der Waals surface area contributed by atoms with Gasteiger partial charge in [-0.3, -0.25) is 0 Å². The molecule has 1 aliphatic rings. The molecule has 3 aromatic rings. The first kappa shape index (κ1) is 17.5. The smallest absolute Gasteiger partial charge is 0.369 e. The van der Waals surface area contributed by atoms with Gasteiger partial charge in [0.2, 0.25) is 0 Å². The number of nitrogens with zero attached hydrogens (tertiary/aromatic N) is 4. The van der Waals surface area contributed by atoms with Crippen molar-refractivity contribution < 1.29 is 13.6 Å². The van der Waals surface area contributed by atoms with Gasteiger partial charge >= 0.3 is 6.03 Å². The van der Waals surface area contributed by atoms with Gasteiger partial charge in [0.25, 0.3) is 0 Å². The van der Waals surface area contributed by atoms with Gasteiger partial charge < -0.3 is 5.32 Å². The predicted molar refractivity (Wildman–Crippen MR) is 101 cm³/mol. The zero-order valence-electron chi connectivity index (χ0n) is 14.7. The lowest BCUT2D eigenvalue weighted by Gasteiger charge is -2.09. The van der Waals surface area contributed by atoms with Crippen LogP contribution < -0.4 is 5.32 Å². The van der Waals surface area contributed by atoms with Gasteiger partial charge in [-0.15, -0.1) is 0 Å². The number of aromatic nitrogens is 2. The molecule has 0 saturated heterocycles. The zero-order valence-corrected chi connectivity index (χ0v) is 14.7. The molecule has 0 unspecified atom stereocenters. The monoisotopic (exact) mass is 377 g/mol. The highest BCUT2D eigenvalue weighted by Crippen LogP contribution is 2.32. The molecule has 138 valence electrons. The third-order valence-electron chi connectivity index (χ3n) is 4.40. The topological polar surface area (TPSA) is 63.6 Å². The molecule has 1 N–H and O–H groups in total. The second kappa shape index (κ2) is 6.70. The van der Waals surface area contributed by atoms with Crippen molar-refractivity contribution in [1.82, 2.24) is 9.78 Å². The van der Waals surface area contributed by atoms with Crippen LogP contribution in [0.4, 0.5) is 25.0 Å². The maximum Gasteiger partial charge on any atom is 0.369 e. The van der Waals surface area contributed by atoms with Gasteiger partial charge in [-0.2, -0.15) is 14.8 Å². The van der Waals surface area contributed by atoms with E-state index in [0.29, 0.717) is 28.4 Å². The first-order chi connectivity index (χ1) is 13.5. The highest BCUT2D eigenvalue weighted by atomic mass is 19.1. The predicted octanol–water partition coefficient (Wildman–Crippen LogP) is 4.57. The summed E-state index contributed by atoms with van der Waals surface area (Å²) in [4.78, 5) is 19.5.